The van der Waals surface area contributed by atoms with E-state index in [2.05, 4.69) is 45.4 Å². The molecule has 0 radical (unpaired) electrons. The molecular formula is C17H19N3. The van der Waals surface area contributed by atoms with Crippen LogP contribution < -0.4 is 5.32 Å². The predicted molar refractivity (Wildman–Crippen MR) is 83.7 cm³/mol. The van der Waals surface area contributed by atoms with Gasteiger partial charge in [0.25, 0.3) is 0 Å². The first-order valence-corrected chi connectivity index (χ1v) is 7.13. The van der Waals surface area contributed by atoms with Crippen LogP contribution in [0.5, 0.6) is 0 Å². The summed E-state index contributed by atoms with van der Waals surface area (Å²) in [5, 5.41) is 4.86. The Balaban J connectivity index is 1.70. The third-order valence-corrected chi connectivity index (χ3v) is 3.91. The number of pyridine rings is 1. The fourth-order valence-corrected chi connectivity index (χ4v) is 2.81. The summed E-state index contributed by atoms with van der Waals surface area (Å²) >= 11 is 0. The molecule has 1 fully saturated rings. The summed E-state index contributed by atoms with van der Waals surface area (Å²) in [6, 6.07) is 10.9. The van der Waals surface area contributed by atoms with Crippen LogP contribution in [0.2, 0.25) is 0 Å². The quantitative estimate of drug-likeness (QED) is 0.865. The maximum atomic E-state index is 5.37. The number of aromatic nitrogens is 1. The second kappa shape index (κ2) is 5.94. The van der Waals surface area contributed by atoms with E-state index >= 15 is 0 Å². The molecule has 2 heterocycles. The lowest BCUT2D eigenvalue weighted by Gasteiger charge is -2.31. The van der Waals surface area contributed by atoms with Crippen LogP contribution >= 0.6 is 0 Å². The molecule has 1 aromatic heterocycles. The van der Waals surface area contributed by atoms with Crippen LogP contribution in [0.25, 0.3) is 10.9 Å². The van der Waals surface area contributed by atoms with E-state index < -0.39 is 0 Å². The molecule has 0 amide bonds. The molecule has 1 aliphatic heterocycles. The lowest BCUT2D eigenvalue weighted by atomic mass is 10.0. The van der Waals surface area contributed by atoms with Crippen LogP contribution in [0.15, 0.2) is 36.5 Å². The van der Waals surface area contributed by atoms with Gasteiger partial charge < -0.3 is 5.32 Å². The zero-order chi connectivity index (χ0) is 13.8. The van der Waals surface area contributed by atoms with E-state index in [0.29, 0.717) is 6.04 Å². The third kappa shape index (κ3) is 2.76. The van der Waals surface area contributed by atoms with Gasteiger partial charge in [-0.2, -0.15) is 0 Å². The highest BCUT2D eigenvalue weighted by Gasteiger charge is 2.18. The highest BCUT2D eigenvalue weighted by molar-refractivity contribution is 5.91. The summed E-state index contributed by atoms with van der Waals surface area (Å²) in [7, 11) is 0. The van der Waals surface area contributed by atoms with E-state index in [1.54, 1.807) is 0 Å². The van der Waals surface area contributed by atoms with E-state index in [0.717, 1.165) is 38.0 Å². The van der Waals surface area contributed by atoms with Gasteiger partial charge in [0.2, 0.25) is 0 Å². The number of hydrogen-bond donors (Lipinski definition) is 1. The maximum Gasteiger partial charge on any atom is 0.0722 e. The minimum atomic E-state index is 0.523. The van der Waals surface area contributed by atoms with E-state index in [1.165, 1.54) is 11.1 Å². The molecule has 0 spiro atoms. The molecule has 0 bridgehead atoms. The fraction of sp³-hybridized carbons (Fsp3) is 0.353. The maximum absolute atomic E-state index is 5.37. The molecule has 1 N–H and O–H groups in total. The van der Waals surface area contributed by atoms with Crippen LogP contribution in [0.4, 0.5) is 5.69 Å². The number of nitrogens with zero attached hydrogens (tertiary/aromatic N) is 2. The Morgan fingerprint density at radius 2 is 2.10 bits per heavy atom. The molecule has 3 rings (SSSR count). The molecule has 3 nitrogen and oxygen atoms in total. The number of likely N-dealkylation sites (tertiary alicyclic amines) is 1. The van der Waals surface area contributed by atoms with Gasteiger partial charge >= 0.3 is 0 Å². The molecule has 3 heteroatoms. The summed E-state index contributed by atoms with van der Waals surface area (Å²) in [5.41, 5.74) is 2.23. The number of terminal acetylenes is 1. The number of benzene rings is 1. The monoisotopic (exact) mass is 265 g/mol. The van der Waals surface area contributed by atoms with Gasteiger partial charge in [0.1, 0.15) is 0 Å². The summed E-state index contributed by atoms with van der Waals surface area (Å²) in [6.07, 6.45) is 9.48. The van der Waals surface area contributed by atoms with Gasteiger partial charge in [-0.15, -0.1) is 6.42 Å². The number of rotatable bonds is 3. The Morgan fingerprint density at radius 3 is 2.90 bits per heavy atom. The smallest absolute Gasteiger partial charge is 0.0722 e. The second-order valence-corrected chi connectivity index (χ2v) is 5.27. The molecule has 2 aromatic rings. The zero-order valence-electron chi connectivity index (χ0n) is 11.5. The second-order valence-electron chi connectivity index (χ2n) is 5.27. The highest BCUT2D eigenvalue weighted by Crippen LogP contribution is 2.24. The van der Waals surface area contributed by atoms with Crippen molar-refractivity contribution in [3.8, 4) is 12.3 Å². The van der Waals surface area contributed by atoms with Gasteiger partial charge in [-0.3, -0.25) is 9.88 Å². The molecule has 0 unspecified atom stereocenters. The van der Waals surface area contributed by atoms with Crippen LogP contribution in [0.1, 0.15) is 12.8 Å². The molecule has 102 valence electrons. The van der Waals surface area contributed by atoms with Gasteiger partial charge in [-0.05, 0) is 37.1 Å². The first kappa shape index (κ1) is 13.0. The van der Waals surface area contributed by atoms with Crippen molar-refractivity contribution in [1.29, 1.82) is 0 Å². The fourth-order valence-electron chi connectivity index (χ4n) is 2.81. The first-order chi connectivity index (χ1) is 9.86. The van der Waals surface area contributed by atoms with Crippen molar-refractivity contribution in [3.63, 3.8) is 0 Å². The van der Waals surface area contributed by atoms with Crippen molar-refractivity contribution in [2.75, 3.05) is 25.0 Å². The Labute approximate surface area is 120 Å². The van der Waals surface area contributed by atoms with E-state index in [4.69, 9.17) is 6.42 Å². The molecule has 0 atom stereocenters. The van der Waals surface area contributed by atoms with Crippen molar-refractivity contribution in [2.45, 2.75) is 18.9 Å². The first-order valence-electron chi connectivity index (χ1n) is 7.13. The lowest BCUT2D eigenvalue weighted by molar-refractivity contribution is 0.243. The van der Waals surface area contributed by atoms with E-state index in [-0.39, 0.29) is 0 Å². The Kier molecular flexibility index (Phi) is 3.85. The van der Waals surface area contributed by atoms with Crippen molar-refractivity contribution >= 4 is 16.6 Å². The van der Waals surface area contributed by atoms with E-state index in [9.17, 15) is 0 Å². The number of hydrogen-bond acceptors (Lipinski definition) is 3. The molecule has 1 aliphatic rings. The largest absolute Gasteiger partial charge is 0.382 e. The summed E-state index contributed by atoms with van der Waals surface area (Å²) < 4.78 is 0. The lowest BCUT2D eigenvalue weighted by Crippen LogP contribution is -2.39. The van der Waals surface area contributed by atoms with Crippen LogP contribution in [0, 0.1) is 12.3 Å². The Bertz CT molecular complexity index is 616. The number of nitrogens with one attached hydrogen (secondary N) is 1. The standard InChI is InChI=1S/C17H19N3/c1-2-11-20-12-8-14(9-13-20)19-17-7-3-6-16-15(17)5-4-10-18-16/h1,3-7,10,14,19H,8-9,11-13H2. The van der Waals surface area contributed by atoms with Crippen LogP contribution in [-0.2, 0) is 0 Å². The average molecular weight is 265 g/mol. The normalized spacial score (nSPS) is 16.9. The van der Waals surface area contributed by atoms with Crippen molar-refractivity contribution in [3.05, 3.63) is 36.5 Å². The average Bonchev–Trinajstić information content (AvgIpc) is 2.50. The van der Waals surface area contributed by atoms with Gasteiger partial charge in [-0.25, -0.2) is 0 Å². The highest BCUT2D eigenvalue weighted by atomic mass is 15.1. The minimum Gasteiger partial charge on any atom is -0.382 e. The van der Waals surface area contributed by atoms with Gasteiger partial charge in [0.15, 0.2) is 0 Å². The molecule has 1 aromatic carbocycles. The number of piperidine rings is 1. The Morgan fingerprint density at radius 1 is 1.25 bits per heavy atom. The topological polar surface area (TPSA) is 28.2 Å². The van der Waals surface area contributed by atoms with Gasteiger partial charge in [-0.1, -0.05) is 12.0 Å². The van der Waals surface area contributed by atoms with Crippen molar-refractivity contribution in [1.82, 2.24) is 9.88 Å². The summed E-state index contributed by atoms with van der Waals surface area (Å²) in [6.45, 7) is 2.92. The summed E-state index contributed by atoms with van der Waals surface area (Å²) in [4.78, 5) is 6.74. The third-order valence-electron chi connectivity index (χ3n) is 3.91. The van der Waals surface area contributed by atoms with E-state index in [1.807, 2.05) is 12.3 Å². The van der Waals surface area contributed by atoms with Gasteiger partial charge in [0, 0.05) is 36.4 Å². The van der Waals surface area contributed by atoms with Crippen LogP contribution in [-0.4, -0.2) is 35.6 Å². The minimum absolute atomic E-state index is 0.523. The van der Waals surface area contributed by atoms with Crippen LogP contribution in [0.3, 0.4) is 0 Å². The SMILES string of the molecule is C#CCN1CCC(Nc2cccc3ncccc23)CC1. The zero-order valence-corrected chi connectivity index (χ0v) is 11.5. The number of anilines is 1. The molecular weight excluding hydrogens is 246 g/mol. The van der Waals surface area contributed by atoms with Crippen molar-refractivity contribution in [2.24, 2.45) is 0 Å². The van der Waals surface area contributed by atoms with Gasteiger partial charge in [0.05, 0.1) is 12.1 Å². The van der Waals surface area contributed by atoms with Crippen molar-refractivity contribution < 1.29 is 0 Å². The molecule has 0 aliphatic carbocycles. The molecule has 0 saturated carbocycles. The molecule has 20 heavy (non-hydrogen) atoms. The predicted octanol–water partition coefficient (Wildman–Crippen LogP) is 2.74. The Hall–Kier alpha value is -2.05. The summed E-state index contributed by atoms with van der Waals surface area (Å²) in [5.74, 6) is 2.72. The molecule has 1 saturated heterocycles. The number of fused-ring (bicyclic) bond motifs is 1.